The molecular formula is C10H13N3OS. The lowest BCUT2D eigenvalue weighted by atomic mass is 10.2. The molecule has 0 unspecified atom stereocenters. The highest BCUT2D eigenvalue weighted by atomic mass is 32.1. The number of nitrogens with one attached hydrogen (secondary N) is 2. The zero-order chi connectivity index (χ0) is 11.1. The Balaban J connectivity index is 2.61. The van der Waals surface area contributed by atoms with Crippen molar-refractivity contribution < 1.29 is 4.79 Å². The Bertz CT molecular complexity index is 389. The molecule has 4 nitrogen and oxygen atoms in total. The van der Waals surface area contributed by atoms with Crippen LogP contribution in [0.3, 0.4) is 0 Å². The minimum absolute atomic E-state index is 0.193. The monoisotopic (exact) mass is 223 g/mol. The molecular weight excluding hydrogens is 210 g/mol. The summed E-state index contributed by atoms with van der Waals surface area (Å²) in [5.74, 6) is 5.75. The van der Waals surface area contributed by atoms with E-state index in [1.54, 1.807) is 18.4 Å². The van der Waals surface area contributed by atoms with Crippen molar-refractivity contribution in [2.45, 2.75) is 6.54 Å². The van der Waals surface area contributed by atoms with Crippen LogP contribution in [-0.2, 0) is 6.54 Å². The molecule has 0 bridgehead atoms. The maximum absolute atomic E-state index is 11.0. The number of urea groups is 1. The van der Waals surface area contributed by atoms with Crippen molar-refractivity contribution in [1.29, 1.82) is 0 Å². The van der Waals surface area contributed by atoms with Gasteiger partial charge in [-0.15, -0.1) is 11.3 Å². The summed E-state index contributed by atoms with van der Waals surface area (Å²) in [5.41, 5.74) is 6.22. The van der Waals surface area contributed by atoms with E-state index in [-0.39, 0.29) is 6.03 Å². The van der Waals surface area contributed by atoms with Crippen LogP contribution in [0.4, 0.5) is 4.79 Å². The number of nitrogens with two attached hydrogens (primary N) is 1. The van der Waals surface area contributed by atoms with Crippen molar-refractivity contribution in [1.82, 2.24) is 10.6 Å². The van der Waals surface area contributed by atoms with E-state index in [0.29, 0.717) is 13.1 Å². The van der Waals surface area contributed by atoms with Crippen LogP contribution in [0.2, 0.25) is 0 Å². The number of amides is 2. The van der Waals surface area contributed by atoms with Gasteiger partial charge in [-0.1, -0.05) is 11.8 Å². The van der Waals surface area contributed by atoms with Gasteiger partial charge in [0.15, 0.2) is 0 Å². The molecule has 1 heterocycles. The highest BCUT2D eigenvalue weighted by Gasteiger charge is 2.03. The largest absolute Gasteiger partial charge is 0.341 e. The fourth-order valence-corrected chi connectivity index (χ4v) is 1.75. The van der Waals surface area contributed by atoms with E-state index in [4.69, 9.17) is 5.73 Å². The zero-order valence-electron chi connectivity index (χ0n) is 8.46. The predicted octanol–water partition coefficient (Wildman–Crippen LogP) is 0.487. The first-order valence-corrected chi connectivity index (χ1v) is 5.36. The first kappa shape index (κ1) is 11.6. The summed E-state index contributed by atoms with van der Waals surface area (Å²) in [5, 5.41) is 7.15. The van der Waals surface area contributed by atoms with Gasteiger partial charge in [0.2, 0.25) is 0 Å². The van der Waals surface area contributed by atoms with Gasteiger partial charge in [0.1, 0.15) is 0 Å². The number of thiophene rings is 1. The summed E-state index contributed by atoms with van der Waals surface area (Å²) in [6.07, 6.45) is 0. The zero-order valence-corrected chi connectivity index (χ0v) is 9.28. The molecule has 2 amide bonds. The van der Waals surface area contributed by atoms with E-state index in [2.05, 4.69) is 22.5 Å². The summed E-state index contributed by atoms with van der Waals surface area (Å²) in [6.45, 7) is 0.837. The van der Waals surface area contributed by atoms with E-state index in [1.165, 1.54) is 0 Å². The second-order valence-corrected chi connectivity index (χ2v) is 3.70. The molecule has 0 aliphatic carbocycles. The minimum Gasteiger partial charge on any atom is -0.341 e. The maximum Gasteiger partial charge on any atom is 0.314 e. The van der Waals surface area contributed by atoms with Crippen molar-refractivity contribution in [3.8, 4) is 11.8 Å². The molecule has 4 N–H and O–H groups in total. The average Bonchev–Trinajstić information content (AvgIpc) is 2.70. The number of hydrogen-bond acceptors (Lipinski definition) is 3. The van der Waals surface area contributed by atoms with E-state index in [1.807, 2.05) is 11.4 Å². The lowest BCUT2D eigenvalue weighted by Crippen LogP contribution is -2.31. The molecule has 0 aromatic carbocycles. The van der Waals surface area contributed by atoms with E-state index >= 15 is 0 Å². The Morgan fingerprint density at radius 2 is 2.47 bits per heavy atom. The van der Waals surface area contributed by atoms with Gasteiger partial charge in [-0.2, -0.15) is 0 Å². The van der Waals surface area contributed by atoms with Crippen LogP contribution in [0.1, 0.15) is 10.4 Å². The Hall–Kier alpha value is -1.51. The van der Waals surface area contributed by atoms with Crippen molar-refractivity contribution >= 4 is 17.4 Å². The van der Waals surface area contributed by atoms with E-state index in [0.717, 1.165) is 10.4 Å². The molecule has 0 fully saturated rings. The van der Waals surface area contributed by atoms with Gasteiger partial charge >= 0.3 is 6.03 Å². The van der Waals surface area contributed by atoms with Crippen molar-refractivity contribution in [2.75, 3.05) is 13.6 Å². The number of carbonyl (C=O) groups excluding carboxylic acids is 1. The van der Waals surface area contributed by atoms with Gasteiger partial charge in [-0.25, -0.2) is 4.79 Å². The highest BCUT2D eigenvalue weighted by Crippen LogP contribution is 2.15. The van der Waals surface area contributed by atoms with Gasteiger partial charge in [0.25, 0.3) is 0 Å². The lowest BCUT2D eigenvalue weighted by Gasteiger charge is -2.02. The quantitative estimate of drug-likeness (QED) is 0.639. The molecule has 0 atom stereocenters. The van der Waals surface area contributed by atoms with Crippen LogP contribution >= 0.6 is 11.3 Å². The van der Waals surface area contributed by atoms with E-state index in [9.17, 15) is 4.79 Å². The van der Waals surface area contributed by atoms with Gasteiger partial charge in [0, 0.05) is 17.5 Å². The maximum atomic E-state index is 11.0. The standard InChI is InChI=1S/C10H13N3OS/c1-12-10(14)13-7-9-8(3-2-5-11)4-6-15-9/h4,6H,5,7,11H2,1H3,(H2,12,13,14). The predicted molar refractivity (Wildman–Crippen MR) is 61.5 cm³/mol. The third-order valence-electron chi connectivity index (χ3n) is 1.71. The molecule has 0 radical (unpaired) electrons. The Morgan fingerprint density at radius 3 is 3.13 bits per heavy atom. The number of hydrogen-bond donors (Lipinski definition) is 3. The number of rotatable bonds is 2. The molecule has 1 aromatic rings. The summed E-state index contributed by atoms with van der Waals surface area (Å²) in [4.78, 5) is 12.0. The topological polar surface area (TPSA) is 67.2 Å². The summed E-state index contributed by atoms with van der Waals surface area (Å²) >= 11 is 1.57. The second kappa shape index (κ2) is 6.06. The molecule has 0 aliphatic rings. The van der Waals surface area contributed by atoms with Crippen molar-refractivity contribution in [2.24, 2.45) is 5.73 Å². The molecule has 0 aliphatic heterocycles. The smallest absolute Gasteiger partial charge is 0.314 e. The van der Waals surface area contributed by atoms with Gasteiger partial charge in [-0.05, 0) is 11.4 Å². The van der Waals surface area contributed by atoms with Crippen LogP contribution in [0, 0.1) is 11.8 Å². The van der Waals surface area contributed by atoms with Gasteiger partial charge in [-0.3, -0.25) is 0 Å². The van der Waals surface area contributed by atoms with Crippen molar-refractivity contribution in [3.63, 3.8) is 0 Å². The van der Waals surface area contributed by atoms with Crippen LogP contribution in [-0.4, -0.2) is 19.6 Å². The Kier molecular flexibility index (Phi) is 4.68. The lowest BCUT2D eigenvalue weighted by molar-refractivity contribution is 0.242. The number of carbonyl (C=O) groups is 1. The molecule has 5 heteroatoms. The van der Waals surface area contributed by atoms with Crippen LogP contribution in [0.15, 0.2) is 11.4 Å². The van der Waals surface area contributed by atoms with Gasteiger partial charge in [0.05, 0.1) is 13.1 Å². The van der Waals surface area contributed by atoms with E-state index < -0.39 is 0 Å². The molecule has 1 rings (SSSR count). The average molecular weight is 223 g/mol. The first-order valence-electron chi connectivity index (χ1n) is 4.48. The summed E-state index contributed by atoms with van der Waals surface area (Å²) in [6, 6.07) is 1.73. The molecule has 15 heavy (non-hydrogen) atoms. The molecule has 1 aromatic heterocycles. The Labute approximate surface area is 92.9 Å². The third kappa shape index (κ3) is 3.62. The van der Waals surface area contributed by atoms with Crippen LogP contribution < -0.4 is 16.4 Å². The molecule has 0 spiro atoms. The second-order valence-electron chi connectivity index (χ2n) is 2.70. The van der Waals surface area contributed by atoms with Crippen LogP contribution in [0.5, 0.6) is 0 Å². The first-order chi connectivity index (χ1) is 7.27. The van der Waals surface area contributed by atoms with Crippen LogP contribution in [0.25, 0.3) is 0 Å². The normalized spacial score (nSPS) is 8.93. The van der Waals surface area contributed by atoms with Crippen molar-refractivity contribution in [3.05, 3.63) is 21.9 Å². The third-order valence-corrected chi connectivity index (χ3v) is 2.63. The minimum atomic E-state index is -0.193. The highest BCUT2D eigenvalue weighted by molar-refractivity contribution is 7.10. The molecule has 0 saturated carbocycles. The van der Waals surface area contributed by atoms with Gasteiger partial charge < -0.3 is 16.4 Å². The molecule has 0 saturated heterocycles. The SMILES string of the molecule is CNC(=O)NCc1sccc1C#CCN. The fraction of sp³-hybridized carbons (Fsp3) is 0.300. The summed E-state index contributed by atoms with van der Waals surface area (Å²) < 4.78 is 0. The molecule has 80 valence electrons. The Morgan fingerprint density at radius 1 is 1.67 bits per heavy atom. The summed E-state index contributed by atoms with van der Waals surface area (Å²) in [7, 11) is 1.58. The fourth-order valence-electron chi connectivity index (χ4n) is 0.984.